The van der Waals surface area contributed by atoms with Crippen LogP contribution in [0.3, 0.4) is 0 Å². The molecule has 0 bridgehead atoms. The molecule has 35 heavy (non-hydrogen) atoms. The molecule has 1 amide bonds. The number of hydrogen-bond donors (Lipinski definition) is 1. The molecule has 7 nitrogen and oxygen atoms in total. The van der Waals surface area contributed by atoms with E-state index in [1.165, 1.54) is 12.1 Å². The van der Waals surface area contributed by atoms with E-state index < -0.39 is 18.5 Å². The fraction of sp³-hybridized carbons (Fsp3) is 0.286. The number of carbonyl (C=O) groups excluding carboxylic acids is 2. The van der Waals surface area contributed by atoms with Crippen LogP contribution in [-0.2, 0) is 16.0 Å². The van der Waals surface area contributed by atoms with E-state index in [1.807, 2.05) is 75.4 Å². The molecule has 0 saturated carbocycles. The maximum Gasteiger partial charge on any atom is 0.338 e. The van der Waals surface area contributed by atoms with E-state index >= 15 is 0 Å². The maximum atomic E-state index is 12.7. The van der Waals surface area contributed by atoms with Crippen molar-refractivity contribution in [2.24, 2.45) is 0 Å². The molecule has 3 aromatic rings. The van der Waals surface area contributed by atoms with Gasteiger partial charge in [0.15, 0.2) is 18.1 Å². The Hall–Kier alpha value is -4.00. The van der Waals surface area contributed by atoms with Crippen molar-refractivity contribution in [1.82, 2.24) is 0 Å². The van der Waals surface area contributed by atoms with Crippen LogP contribution in [0.1, 0.15) is 42.3 Å². The third-order valence-corrected chi connectivity index (χ3v) is 5.01. The zero-order valence-corrected chi connectivity index (χ0v) is 20.3. The molecule has 0 aliphatic carbocycles. The quantitative estimate of drug-likeness (QED) is 0.358. The van der Waals surface area contributed by atoms with Crippen molar-refractivity contribution >= 4 is 17.6 Å². The van der Waals surface area contributed by atoms with Gasteiger partial charge in [-0.3, -0.25) is 4.79 Å². The van der Waals surface area contributed by atoms with Gasteiger partial charge in [0.2, 0.25) is 5.75 Å². The largest absolute Gasteiger partial charge is 0.490 e. The molecule has 3 aromatic carbocycles. The Bertz CT molecular complexity index is 1100. The topological polar surface area (TPSA) is 83.1 Å². The Balaban J connectivity index is 1.68. The molecular weight excluding hydrogens is 446 g/mol. The van der Waals surface area contributed by atoms with Gasteiger partial charge in [0.05, 0.1) is 25.4 Å². The highest BCUT2D eigenvalue weighted by Crippen LogP contribution is 2.39. The van der Waals surface area contributed by atoms with Gasteiger partial charge < -0.3 is 24.3 Å². The minimum atomic E-state index is -0.664. The van der Waals surface area contributed by atoms with Crippen LogP contribution < -0.4 is 19.5 Å². The zero-order chi connectivity index (χ0) is 25.0. The summed E-state index contributed by atoms with van der Waals surface area (Å²) in [6.07, 6.45) is 0.670. The lowest BCUT2D eigenvalue weighted by atomic mass is 10.0. The van der Waals surface area contributed by atoms with E-state index in [0.717, 1.165) is 11.1 Å². The van der Waals surface area contributed by atoms with Crippen molar-refractivity contribution in [3.05, 3.63) is 83.4 Å². The smallest absolute Gasteiger partial charge is 0.338 e. The molecule has 184 valence electrons. The van der Waals surface area contributed by atoms with Gasteiger partial charge in [-0.2, -0.15) is 0 Å². The zero-order valence-electron chi connectivity index (χ0n) is 20.3. The monoisotopic (exact) mass is 477 g/mol. The molecule has 0 spiro atoms. The number of nitrogens with one attached hydrogen (secondary N) is 1. The summed E-state index contributed by atoms with van der Waals surface area (Å²) in [5.41, 5.74) is 2.98. The van der Waals surface area contributed by atoms with Crippen molar-refractivity contribution in [2.45, 2.75) is 27.2 Å². The van der Waals surface area contributed by atoms with E-state index in [1.54, 1.807) is 0 Å². The minimum Gasteiger partial charge on any atom is -0.490 e. The second-order valence-electron chi connectivity index (χ2n) is 7.54. The first-order valence-corrected chi connectivity index (χ1v) is 11.7. The van der Waals surface area contributed by atoms with Crippen LogP contribution in [0.4, 0.5) is 5.69 Å². The SMILES string of the molecule is CCOc1cc(C(=O)OCC(=O)Nc2ccccc2Cc2ccccc2)cc(OCC)c1OCC. The normalized spacial score (nSPS) is 10.4. The van der Waals surface area contributed by atoms with Crippen molar-refractivity contribution in [3.8, 4) is 17.2 Å². The molecule has 0 aliphatic heterocycles. The van der Waals surface area contributed by atoms with Gasteiger partial charge in [-0.25, -0.2) is 4.79 Å². The molecular formula is C28H31NO6. The molecule has 0 radical (unpaired) electrons. The molecule has 0 aromatic heterocycles. The summed E-state index contributed by atoms with van der Waals surface area (Å²) >= 11 is 0. The number of ether oxygens (including phenoxy) is 4. The first-order chi connectivity index (χ1) is 17.0. The standard InChI is InChI=1S/C28H31NO6/c1-4-32-24-17-22(18-25(33-5-2)27(24)34-6-3)28(31)35-19-26(30)29-23-15-11-10-14-21(23)16-20-12-8-7-9-13-20/h7-15,17-18H,4-6,16,19H2,1-3H3,(H,29,30). The molecule has 1 N–H and O–H groups in total. The highest BCUT2D eigenvalue weighted by molar-refractivity contribution is 5.96. The summed E-state index contributed by atoms with van der Waals surface area (Å²) in [4.78, 5) is 25.3. The van der Waals surface area contributed by atoms with Gasteiger partial charge in [0.1, 0.15) is 0 Å². The van der Waals surface area contributed by atoms with Crippen LogP contribution in [-0.4, -0.2) is 38.3 Å². The molecule has 0 aliphatic rings. The van der Waals surface area contributed by atoms with E-state index in [2.05, 4.69) is 5.32 Å². The Labute approximate surface area is 206 Å². The molecule has 0 fully saturated rings. The van der Waals surface area contributed by atoms with Gasteiger partial charge >= 0.3 is 5.97 Å². The number of rotatable bonds is 12. The number of para-hydroxylation sites is 1. The maximum absolute atomic E-state index is 12.7. The third kappa shape index (κ3) is 7.24. The summed E-state index contributed by atoms with van der Waals surface area (Å²) < 4.78 is 22.2. The van der Waals surface area contributed by atoms with Crippen LogP contribution in [0.5, 0.6) is 17.2 Å². The fourth-order valence-electron chi connectivity index (χ4n) is 3.52. The first kappa shape index (κ1) is 25.6. The molecule has 3 rings (SSSR count). The second-order valence-corrected chi connectivity index (χ2v) is 7.54. The summed E-state index contributed by atoms with van der Waals surface area (Å²) in [6, 6.07) is 20.6. The first-order valence-electron chi connectivity index (χ1n) is 11.7. The van der Waals surface area contributed by atoms with E-state index in [4.69, 9.17) is 18.9 Å². The predicted molar refractivity (Wildman–Crippen MR) is 135 cm³/mol. The Morgan fingerprint density at radius 1 is 0.771 bits per heavy atom. The highest BCUT2D eigenvalue weighted by atomic mass is 16.5. The molecule has 0 unspecified atom stereocenters. The average molecular weight is 478 g/mol. The summed E-state index contributed by atoms with van der Waals surface area (Å²) in [5, 5.41) is 2.84. The third-order valence-electron chi connectivity index (χ3n) is 5.01. The minimum absolute atomic E-state index is 0.206. The van der Waals surface area contributed by atoms with Crippen molar-refractivity contribution < 1.29 is 28.5 Å². The Morgan fingerprint density at radius 3 is 2.00 bits per heavy atom. The average Bonchev–Trinajstić information content (AvgIpc) is 2.86. The van der Waals surface area contributed by atoms with Gasteiger partial charge in [0.25, 0.3) is 5.91 Å². The van der Waals surface area contributed by atoms with Gasteiger partial charge in [0, 0.05) is 5.69 Å². The van der Waals surface area contributed by atoms with Crippen molar-refractivity contribution in [1.29, 1.82) is 0 Å². The number of amides is 1. The van der Waals surface area contributed by atoms with Crippen molar-refractivity contribution in [3.63, 3.8) is 0 Å². The van der Waals surface area contributed by atoms with Crippen LogP contribution in [0, 0.1) is 0 Å². The van der Waals surface area contributed by atoms with Gasteiger partial charge in [-0.05, 0) is 56.5 Å². The number of anilines is 1. The molecule has 0 heterocycles. The van der Waals surface area contributed by atoms with Gasteiger partial charge in [-0.1, -0.05) is 48.5 Å². The fourth-order valence-corrected chi connectivity index (χ4v) is 3.52. The Morgan fingerprint density at radius 2 is 1.37 bits per heavy atom. The lowest BCUT2D eigenvalue weighted by molar-refractivity contribution is -0.119. The summed E-state index contributed by atoms with van der Waals surface area (Å²) in [5.74, 6) is 0.0983. The Kier molecular flexibility index (Phi) is 9.54. The summed E-state index contributed by atoms with van der Waals surface area (Å²) in [6.45, 7) is 6.27. The van der Waals surface area contributed by atoms with Crippen LogP contribution in [0.2, 0.25) is 0 Å². The number of carbonyl (C=O) groups is 2. The van der Waals surface area contributed by atoms with E-state index in [9.17, 15) is 9.59 Å². The number of esters is 1. The van der Waals surface area contributed by atoms with Crippen LogP contribution >= 0.6 is 0 Å². The lowest BCUT2D eigenvalue weighted by Gasteiger charge is -2.17. The highest BCUT2D eigenvalue weighted by Gasteiger charge is 2.20. The van der Waals surface area contributed by atoms with E-state index in [0.29, 0.717) is 49.2 Å². The van der Waals surface area contributed by atoms with Crippen molar-refractivity contribution in [2.75, 3.05) is 31.7 Å². The van der Waals surface area contributed by atoms with Crippen LogP contribution in [0.25, 0.3) is 0 Å². The lowest BCUT2D eigenvalue weighted by Crippen LogP contribution is -2.21. The number of benzene rings is 3. The molecule has 0 atom stereocenters. The molecule has 0 saturated heterocycles. The van der Waals surface area contributed by atoms with Crippen LogP contribution in [0.15, 0.2) is 66.7 Å². The van der Waals surface area contributed by atoms with Gasteiger partial charge in [-0.15, -0.1) is 0 Å². The van der Waals surface area contributed by atoms with E-state index in [-0.39, 0.29) is 5.56 Å². The predicted octanol–water partition coefficient (Wildman–Crippen LogP) is 5.27. The summed E-state index contributed by atoms with van der Waals surface area (Å²) in [7, 11) is 0. The number of hydrogen-bond acceptors (Lipinski definition) is 6. The second kappa shape index (κ2) is 13.0. The molecule has 7 heteroatoms.